The first-order chi connectivity index (χ1) is 16.6. The molecule has 9 heteroatoms. The first-order valence-corrected chi connectivity index (χ1v) is 11.7. The Bertz CT molecular complexity index is 940. The van der Waals surface area contributed by atoms with Gasteiger partial charge in [0.2, 0.25) is 0 Å². The van der Waals surface area contributed by atoms with Crippen LogP contribution in [0.15, 0.2) is 48.7 Å². The molecule has 0 spiro atoms. The number of benzene rings is 1. The molecule has 1 aromatic carbocycles. The summed E-state index contributed by atoms with van der Waals surface area (Å²) in [5.74, 6) is 0.184. The van der Waals surface area contributed by atoms with Crippen LogP contribution in [-0.2, 0) is 9.57 Å². The highest BCUT2D eigenvalue weighted by atomic mass is 19.1. The first-order valence-electron chi connectivity index (χ1n) is 11.7. The smallest absolute Gasteiger partial charge is 0.276 e. The van der Waals surface area contributed by atoms with Gasteiger partial charge in [-0.1, -0.05) is 24.3 Å². The van der Waals surface area contributed by atoms with Crippen LogP contribution in [0.1, 0.15) is 35.2 Å². The number of hydroxylamine groups is 1. The van der Waals surface area contributed by atoms with Gasteiger partial charge in [0, 0.05) is 45.4 Å². The van der Waals surface area contributed by atoms with Crippen molar-refractivity contribution < 1.29 is 23.9 Å². The van der Waals surface area contributed by atoms with E-state index in [0.29, 0.717) is 12.2 Å². The van der Waals surface area contributed by atoms with Crippen LogP contribution in [-0.4, -0.2) is 72.6 Å². The normalized spacial score (nSPS) is 20.4. The van der Waals surface area contributed by atoms with Crippen LogP contribution in [0.5, 0.6) is 0 Å². The lowest BCUT2D eigenvalue weighted by molar-refractivity contribution is -0.186. The lowest BCUT2D eigenvalue weighted by Crippen LogP contribution is -2.51. The van der Waals surface area contributed by atoms with Gasteiger partial charge < -0.3 is 14.7 Å². The number of nitrogens with one attached hydrogen (secondary N) is 1. The van der Waals surface area contributed by atoms with E-state index in [0.717, 1.165) is 56.8 Å². The SMILES string of the molecule is O=C(NOC1CCCCO1)c1ccc(N2CCN(C(/C=C/c3ccc(F)cc3)CO)CC2)nc1. The Morgan fingerprint density at radius 3 is 2.65 bits per heavy atom. The van der Waals surface area contributed by atoms with Crippen LogP contribution in [0.2, 0.25) is 0 Å². The molecule has 0 saturated carbocycles. The third-order valence-electron chi connectivity index (χ3n) is 6.11. The molecule has 2 aliphatic heterocycles. The number of hydrogen-bond donors (Lipinski definition) is 2. The van der Waals surface area contributed by atoms with Crippen molar-refractivity contribution in [3.05, 3.63) is 65.6 Å². The Balaban J connectivity index is 1.26. The molecule has 1 aromatic heterocycles. The minimum atomic E-state index is -0.394. The van der Waals surface area contributed by atoms with Crippen LogP contribution in [0, 0.1) is 5.82 Å². The van der Waals surface area contributed by atoms with E-state index in [1.54, 1.807) is 24.4 Å². The van der Waals surface area contributed by atoms with Crippen molar-refractivity contribution in [2.75, 3.05) is 44.3 Å². The number of aliphatic hydroxyl groups excluding tert-OH is 1. The molecule has 2 atom stereocenters. The highest BCUT2D eigenvalue weighted by molar-refractivity contribution is 5.93. The Labute approximate surface area is 198 Å². The Kier molecular flexibility index (Phi) is 8.59. The maximum atomic E-state index is 13.1. The fraction of sp³-hybridized carbons (Fsp3) is 0.440. The number of aromatic nitrogens is 1. The predicted molar refractivity (Wildman–Crippen MR) is 126 cm³/mol. The monoisotopic (exact) mass is 470 g/mol. The molecule has 0 aliphatic carbocycles. The minimum absolute atomic E-state index is 0.00766. The molecule has 2 N–H and O–H groups in total. The van der Waals surface area contributed by atoms with Crippen molar-refractivity contribution in [1.82, 2.24) is 15.4 Å². The van der Waals surface area contributed by atoms with Gasteiger partial charge >= 0.3 is 0 Å². The van der Waals surface area contributed by atoms with Crippen LogP contribution >= 0.6 is 0 Å². The second-order valence-electron chi connectivity index (χ2n) is 8.43. The molecule has 2 unspecified atom stereocenters. The number of aliphatic hydroxyl groups is 1. The second-order valence-corrected chi connectivity index (χ2v) is 8.43. The molecule has 2 aliphatic rings. The highest BCUT2D eigenvalue weighted by Gasteiger charge is 2.23. The van der Waals surface area contributed by atoms with Gasteiger partial charge in [-0.25, -0.2) is 19.7 Å². The molecule has 1 amide bonds. The van der Waals surface area contributed by atoms with E-state index < -0.39 is 6.29 Å². The molecule has 2 saturated heterocycles. The standard InChI is InChI=1S/C25H31FN4O4/c26-21-8-4-19(5-9-21)6-10-22(18-31)29-12-14-30(15-13-29)23-11-7-20(17-27-23)25(32)28-34-24-3-1-2-16-33-24/h4-11,17,22,24,31H,1-3,12-16,18H2,(H,28,32)/b10-6+. The van der Waals surface area contributed by atoms with Crippen LogP contribution in [0.25, 0.3) is 6.08 Å². The summed E-state index contributed by atoms with van der Waals surface area (Å²) in [6, 6.07) is 9.72. The van der Waals surface area contributed by atoms with Crippen LogP contribution in [0.3, 0.4) is 0 Å². The molecule has 182 valence electrons. The molecule has 0 bridgehead atoms. The van der Waals surface area contributed by atoms with Crippen molar-refractivity contribution in [2.45, 2.75) is 31.6 Å². The summed E-state index contributed by atoms with van der Waals surface area (Å²) in [5, 5.41) is 9.86. The summed E-state index contributed by atoms with van der Waals surface area (Å²) in [5.41, 5.74) is 3.76. The van der Waals surface area contributed by atoms with E-state index in [1.807, 2.05) is 18.2 Å². The third kappa shape index (κ3) is 6.60. The fourth-order valence-corrected chi connectivity index (χ4v) is 4.07. The van der Waals surface area contributed by atoms with Gasteiger partial charge in [-0.05, 0) is 42.7 Å². The third-order valence-corrected chi connectivity index (χ3v) is 6.11. The molecule has 4 rings (SSSR count). The van der Waals surface area contributed by atoms with Crippen molar-refractivity contribution in [1.29, 1.82) is 0 Å². The minimum Gasteiger partial charge on any atom is -0.394 e. The van der Waals surface area contributed by atoms with E-state index in [4.69, 9.17) is 9.57 Å². The number of amides is 1. The number of rotatable bonds is 8. The van der Waals surface area contributed by atoms with Gasteiger partial charge in [0.05, 0.1) is 18.2 Å². The average molecular weight is 471 g/mol. The van der Waals surface area contributed by atoms with Gasteiger partial charge in [-0.3, -0.25) is 9.69 Å². The summed E-state index contributed by atoms with van der Waals surface area (Å²) >= 11 is 0. The summed E-state index contributed by atoms with van der Waals surface area (Å²) in [4.78, 5) is 26.5. The summed E-state index contributed by atoms with van der Waals surface area (Å²) < 4.78 is 18.5. The first kappa shape index (κ1) is 24.3. The van der Waals surface area contributed by atoms with Gasteiger partial charge in [-0.15, -0.1) is 0 Å². The number of hydrogen-bond acceptors (Lipinski definition) is 7. The number of carbonyl (C=O) groups excluding carboxylic acids is 1. The lowest BCUT2D eigenvalue weighted by atomic mass is 10.1. The lowest BCUT2D eigenvalue weighted by Gasteiger charge is -2.38. The number of pyridine rings is 1. The quantitative estimate of drug-likeness (QED) is 0.574. The Morgan fingerprint density at radius 2 is 2.00 bits per heavy atom. The molecular weight excluding hydrogens is 439 g/mol. The molecule has 8 nitrogen and oxygen atoms in total. The largest absolute Gasteiger partial charge is 0.394 e. The van der Waals surface area contributed by atoms with Crippen molar-refractivity contribution >= 4 is 17.8 Å². The summed E-state index contributed by atoms with van der Waals surface area (Å²) in [6.07, 6.45) is 7.81. The molecule has 3 heterocycles. The van der Waals surface area contributed by atoms with Crippen molar-refractivity contribution in [2.24, 2.45) is 0 Å². The Morgan fingerprint density at radius 1 is 1.21 bits per heavy atom. The zero-order valence-corrected chi connectivity index (χ0v) is 19.1. The van der Waals surface area contributed by atoms with Gasteiger partial charge in [0.1, 0.15) is 11.6 Å². The molecule has 34 heavy (non-hydrogen) atoms. The fourth-order valence-electron chi connectivity index (χ4n) is 4.07. The van der Waals surface area contributed by atoms with E-state index in [-0.39, 0.29) is 24.4 Å². The summed E-state index contributed by atoms with van der Waals surface area (Å²) in [6.45, 7) is 3.68. The van der Waals surface area contributed by atoms with E-state index in [9.17, 15) is 14.3 Å². The van der Waals surface area contributed by atoms with E-state index in [1.165, 1.54) is 12.1 Å². The Hall–Kier alpha value is -2.85. The van der Waals surface area contributed by atoms with E-state index in [2.05, 4.69) is 20.3 Å². The number of carbonyl (C=O) groups is 1. The number of anilines is 1. The van der Waals surface area contributed by atoms with Gasteiger partial charge in [0.15, 0.2) is 6.29 Å². The van der Waals surface area contributed by atoms with Gasteiger partial charge in [-0.2, -0.15) is 0 Å². The zero-order valence-electron chi connectivity index (χ0n) is 19.1. The second kappa shape index (κ2) is 12.0. The molecule has 2 fully saturated rings. The van der Waals surface area contributed by atoms with Crippen LogP contribution < -0.4 is 10.4 Å². The number of ether oxygens (including phenoxy) is 1. The number of piperazine rings is 1. The maximum Gasteiger partial charge on any atom is 0.276 e. The molecule has 2 aromatic rings. The van der Waals surface area contributed by atoms with Gasteiger partial charge in [0.25, 0.3) is 5.91 Å². The maximum absolute atomic E-state index is 13.1. The number of halogens is 1. The predicted octanol–water partition coefficient (Wildman–Crippen LogP) is 2.61. The zero-order chi connectivity index (χ0) is 23.8. The average Bonchev–Trinajstić information content (AvgIpc) is 2.90. The van der Waals surface area contributed by atoms with Crippen molar-refractivity contribution in [3.8, 4) is 0 Å². The molecular formula is C25H31FN4O4. The van der Waals surface area contributed by atoms with Crippen molar-refractivity contribution in [3.63, 3.8) is 0 Å². The summed E-state index contributed by atoms with van der Waals surface area (Å²) in [7, 11) is 0. The molecule has 0 radical (unpaired) electrons. The highest BCUT2D eigenvalue weighted by Crippen LogP contribution is 2.17. The van der Waals surface area contributed by atoms with E-state index >= 15 is 0 Å². The topological polar surface area (TPSA) is 87.2 Å². The number of nitrogens with zero attached hydrogens (tertiary/aromatic N) is 3. The van der Waals surface area contributed by atoms with Crippen LogP contribution in [0.4, 0.5) is 10.2 Å².